The summed E-state index contributed by atoms with van der Waals surface area (Å²) in [6, 6.07) is 7.04. The maximum absolute atomic E-state index is 12.0. The van der Waals surface area contributed by atoms with Gasteiger partial charge in [0, 0.05) is 38.1 Å². The van der Waals surface area contributed by atoms with Gasteiger partial charge in [0.1, 0.15) is 0 Å². The highest BCUT2D eigenvalue weighted by atomic mass is 16.5. The van der Waals surface area contributed by atoms with Crippen LogP contribution < -0.4 is 16.0 Å². The quantitative estimate of drug-likeness (QED) is 0.580. The van der Waals surface area contributed by atoms with E-state index < -0.39 is 0 Å². The highest BCUT2D eigenvalue weighted by Gasteiger charge is 2.16. The summed E-state index contributed by atoms with van der Waals surface area (Å²) in [5.41, 5.74) is 1.26. The third kappa shape index (κ3) is 6.17. The molecule has 1 fully saturated rings. The van der Waals surface area contributed by atoms with E-state index in [-0.39, 0.29) is 24.5 Å². The van der Waals surface area contributed by atoms with Gasteiger partial charge in [-0.25, -0.2) is 0 Å². The van der Waals surface area contributed by atoms with E-state index in [1.165, 1.54) is 0 Å². The van der Waals surface area contributed by atoms with E-state index in [1.54, 1.807) is 25.3 Å². The normalized spacial score (nSPS) is 16.6. The van der Waals surface area contributed by atoms with Crippen LogP contribution in [-0.2, 0) is 14.3 Å². The van der Waals surface area contributed by atoms with E-state index in [2.05, 4.69) is 16.0 Å². The van der Waals surface area contributed by atoms with Crippen LogP contribution >= 0.6 is 0 Å². The molecule has 0 aromatic heterocycles. The standard InChI is InChI=1S/C17H25N3O4/c1-23-9-7-18-17(22)13-4-2-5-14(10-13)19-12-16(21)20-11-15-6-3-8-24-15/h2,4-5,10,15,19H,3,6-9,11-12H2,1H3,(H,18,22)(H,20,21). The molecule has 1 aromatic rings. The third-order valence-electron chi connectivity index (χ3n) is 3.72. The predicted octanol–water partition coefficient (Wildman–Crippen LogP) is 0.770. The fraction of sp³-hybridized carbons (Fsp3) is 0.529. The fourth-order valence-corrected chi connectivity index (χ4v) is 2.42. The van der Waals surface area contributed by atoms with Crippen molar-refractivity contribution < 1.29 is 19.1 Å². The molecule has 0 aliphatic carbocycles. The van der Waals surface area contributed by atoms with E-state index in [4.69, 9.17) is 9.47 Å². The lowest BCUT2D eigenvalue weighted by Gasteiger charge is -2.12. The lowest BCUT2D eigenvalue weighted by Crippen LogP contribution is -2.35. The Morgan fingerprint density at radius 3 is 2.96 bits per heavy atom. The van der Waals surface area contributed by atoms with Crippen LogP contribution in [0.25, 0.3) is 0 Å². The van der Waals surface area contributed by atoms with Gasteiger partial charge in [0.2, 0.25) is 5.91 Å². The van der Waals surface area contributed by atoms with Gasteiger partial charge in [-0.1, -0.05) is 6.07 Å². The van der Waals surface area contributed by atoms with Crippen LogP contribution in [-0.4, -0.2) is 57.9 Å². The van der Waals surface area contributed by atoms with Gasteiger partial charge in [-0.05, 0) is 31.0 Å². The lowest BCUT2D eigenvalue weighted by atomic mass is 10.2. The van der Waals surface area contributed by atoms with Gasteiger partial charge in [0.05, 0.1) is 19.3 Å². The van der Waals surface area contributed by atoms with Crippen molar-refractivity contribution in [3.63, 3.8) is 0 Å². The zero-order valence-corrected chi connectivity index (χ0v) is 14.0. The number of benzene rings is 1. The Morgan fingerprint density at radius 2 is 2.21 bits per heavy atom. The van der Waals surface area contributed by atoms with Crippen molar-refractivity contribution in [2.24, 2.45) is 0 Å². The first-order valence-corrected chi connectivity index (χ1v) is 8.18. The fourth-order valence-electron chi connectivity index (χ4n) is 2.42. The molecule has 0 radical (unpaired) electrons. The molecular weight excluding hydrogens is 310 g/mol. The number of anilines is 1. The van der Waals surface area contributed by atoms with Crippen molar-refractivity contribution in [2.45, 2.75) is 18.9 Å². The van der Waals surface area contributed by atoms with Crippen molar-refractivity contribution in [3.05, 3.63) is 29.8 Å². The van der Waals surface area contributed by atoms with Crippen molar-refractivity contribution in [1.29, 1.82) is 0 Å². The average Bonchev–Trinajstić information content (AvgIpc) is 3.12. The van der Waals surface area contributed by atoms with Gasteiger partial charge in [0.25, 0.3) is 5.91 Å². The summed E-state index contributed by atoms with van der Waals surface area (Å²) < 4.78 is 10.4. The Bertz CT molecular complexity index is 544. The molecule has 0 spiro atoms. The van der Waals surface area contributed by atoms with Gasteiger partial charge in [-0.15, -0.1) is 0 Å². The number of hydrogen-bond donors (Lipinski definition) is 3. The van der Waals surface area contributed by atoms with Gasteiger partial charge in [-0.2, -0.15) is 0 Å². The summed E-state index contributed by atoms with van der Waals surface area (Å²) >= 11 is 0. The number of hydrogen-bond acceptors (Lipinski definition) is 5. The highest BCUT2D eigenvalue weighted by Crippen LogP contribution is 2.11. The van der Waals surface area contributed by atoms with Crippen LogP contribution in [0.3, 0.4) is 0 Å². The Kier molecular flexibility index (Phi) is 7.51. The van der Waals surface area contributed by atoms with Crippen LogP contribution in [0.1, 0.15) is 23.2 Å². The van der Waals surface area contributed by atoms with E-state index in [1.807, 2.05) is 6.07 Å². The molecule has 1 aromatic carbocycles. The number of carbonyl (C=O) groups is 2. The molecule has 0 bridgehead atoms. The number of rotatable bonds is 9. The van der Waals surface area contributed by atoms with Crippen molar-refractivity contribution >= 4 is 17.5 Å². The maximum atomic E-state index is 12.0. The van der Waals surface area contributed by atoms with Crippen LogP contribution in [0.15, 0.2) is 24.3 Å². The van der Waals surface area contributed by atoms with Crippen molar-refractivity contribution in [3.8, 4) is 0 Å². The highest BCUT2D eigenvalue weighted by molar-refractivity contribution is 5.95. The zero-order valence-electron chi connectivity index (χ0n) is 14.0. The second-order valence-electron chi connectivity index (χ2n) is 5.62. The summed E-state index contributed by atoms with van der Waals surface area (Å²) in [5.74, 6) is -0.265. The number of nitrogens with one attached hydrogen (secondary N) is 3. The van der Waals surface area contributed by atoms with E-state index in [9.17, 15) is 9.59 Å². The molecular formula is C17H25N3O4. The molecule has 7 nitrogen and oxygen atoms in total. The molecule has 1 saturated heterocycles. The minimum absolute atomic E-state index is 0.0968. The molecule has 7 heteroatoms. The van der Waals surface area contributed by atoms with Gasteiger partial charge < -0.3 is 25.4 Å². The topological polar surface area (TPSA) is 88.7 Å². The second kappa shape index (κ2) is 9.89. The van der Waals surface area contributed by atoms with Crippen LogP contribution in [0, 0.1) is 0 Å². The summed E-state index contributed by atoms with van der Waals surface area (Å²) in [4.78, 5) is 23.8. The Labute approximate surface area is 142 Å². The minimum Gasteiger partial charge on any atom is -0.383 e. The van der Waals surface area contributed by atoms with Gasteiger partial charge in [0.15, 0.2) is 0 Å². The number of amides is 2. The molecule has 3 N–H and O–H groups in total. The summed E-state index contributed by atoms with van der Waals surface area (Å²) in [6.07, 6.45) is 2.18. The van der Waals surface area contributed by atoms with Crippen LogP contribution in [0.5, 0.6) is 0 Å². The van der Waals surface area contributed by atoms with Crippen LogP contribution in [0.2, 0.25) is 0 Å². The lowest BCUT2D eigenvalue weighted by molar-refractivity contribution is -0.119. The number of methoxy groups -OCH3 is 1. The third-order valence-corrected chi connectivity index (χ3v) is 3.72. The van der Waals surface area contributed by atoms with Gasteiger partial charge in [-0.3, -0.25) is 9.59 Å². The van der Waals surface area contributed by atoms with Crippen molar-refractivity contribution in [2.75, 3.05) is 45.3 Å². The number of carbonyl (C=O) groups excluding carboxylic acids is 2. The zero-order chi connectivity index (χ0) is 17.2. The molecule has 1 atom stereocenters. The Balaban J connectivity index is 1.74. The van der Waals surface area contributed by atoms with Gasteiger partial charge >= 0.3 is 0 Å². The smallest absolute Gasteiger partial charge is 0.251 e. The van der Waals surface area contributed by atoms with E-state index in [0.717, 1.165) is 25.1 Å². The first-order chi connectivity index (χ1) is 11.7. The first kappa shape index (κ1) is 18.2. The average molecular weight is 335 g/mol. The first-order valence-electron chi connectivity index (χ1n) is 8.18. The molecule has 2 amide bonds. The van der Waals surface area contributed by atoms with Crippen molar-refractivity contribution in [1.82, 2.24) is 10.6 Å². The second-order valence-corrected chi connectivity index (χ2v) is 5.62. The molecule has 1 unspecified atom stereocenters. The van der Waals surface area contributed by atoms with E-state index >= 15 is 0 Å². The molecule has 2 rings (SSSR count). The maximum Gasteiger partial charge on any atom is 0.251 e. The molecule has 1 heterocycles. The molecule has 1 aliphatic rings. The molecule has 0 saturated carbocycles. The largest absolute Gasteiger partial charge is 0.383 e. The molecule has 132 valence electrons. The number of ether oxygens (including phenoxy) is 2. The summed E-state index contributed by atoms with van der Waals surface area (Å²) in [7, 11) is 1.58. The molecule has 1 aliphatic heterocycles. The minimum atomic E-state index is -0.168. The predicted molar refractivity (Wildman–Crippen MR) is 91.1 cm³/mol. The van der Waals surface area contributed by atoms with Crippen LogP contribution in [0.4, 0.5) is 5.69 Å². The molecule has 24 heavy (non-hydrogen) atoms. The monoisotopic (exact) mass is 335 g/mol. The summed E-state index contributed by atoms with van der Waals surface area (Å²) in [6.45, 7) is 2.40. The summed E-state index contributed by atoms with van der Waals surface area (Å²) in [5, 5.41) is 8.63. The Hall–Kier alpha value is -2.12. The SMILES string of the molecule is COCCNC(=O)c1cccc(NCC(=O)NCC2CCCO2)c1. The Morgan fingerprint density at radius 1 is 1.33 bits per heavy atom. The van der Waals surface area contributed by atoms with E-state index in [0.29, 0.717) is 25.3 Å².